The molecule has 1 N–H and O–H groups in total. The lowest BCUT2D eigenvalue weighted by atomic mass is 10.2. The Kier molecular flexibility index (Phi) is 5.43. The van der Waals surface area contributed by atoms with Crippen LogP contribution in [0.15, 0.2) is 42.6 Å². The molecule has 136 valence electrons. The molecule has 0 bridgehead atoms. The summed E-state index contributed by atoms with van der Waals surface area (Å²) in [6.07, 6.45) is 1.74. The summed E-state index contributed by atoms with van der Waals surface area (Å²) < 4.78 is 0. The van der Waals surface area contributed by atoms with Crippen molar-refractivity contribution in [2.45, 2.75) is 6.54 Å². The number of non-ortho nitro benzene ring substituents is 1. The lowest BCUT2D eigenvalue weighted by Crippen LogP contribution is -2.44. The van der Waals surface area contributed by atoms with Gasteiger partial charge in [0.25, 0.3) is 11.6 Å². The van der Waals surface area contributed by atoms with Gasteiger partial charge in [-0.3, -0.25) is 14.9 Å². The minimum Gasteiger partial charge on any atom is -0.354 e. The number of pyridine rings is 1. The third-order valence-corrected chi connectivity index (χ3v) is 4.41. The maximum absolute atomic E-state index is 12.3. The predicted molar refractivity (Wildman–Crippen MR) is 98.2 cm³/mol. The van der Waals surface area contributed by atoms with Crippen molar-refractivity contribution in [1.82, 2.24) is 15.2 Å². The number of rotatable bonds is 5. The number of nitrogens with zero attached hydrogens (tertiary/aromatic N) is 4. The second-order valence-electron chi connectivity index (χ2n) is 6.30. The van der Waals surface area contributed by atoms with Gasteiger partial charge in [-0.25, -0.2) is 4.98 Å². The summed E-state index contributed by atoms with van der Waals surface area (Å²) in [5.74, 6) is 0.562. The summed E-state index contributed by atoms with van der Waals surface area (Å²) in [6.45, 7) is 4.18. The normalized spacial score (nSPS) is 14.9. The van der Waals surface area contributed by atoms with E-state index in [-0.39, 0.29) is 17.2 Å². The molecule has 1 aromatic carbocycles. The Morgan fingerprint density at radius 2 is 2.00 bits per heavy atom. The van der Waals surface area contributed by atoms with Crippen LogP contribution in [-0.4, -0.2) is 53.9 Å². The Balaban J connectivity index is 1.63. The molecular formula is C18H21N5O3. The summed E-state index contributed by atoms with van der Waals surface area (Å²) in [4.78, 5) is 31.5. The van der Waals surface area contributed by atoms with E-state index < -0.39 is 4.92 Å². The topological polar surface area (TPSA) is 91.6 Å². The van der Waals surface area contributed by atoms with Crippen LogP contribution in [-0.2, 0) is 6.54 Å². The Bertz CT molecular complexity index is 803. The minimum atomic E-state index is -0.512. The predicted octanol–water partition coefficient (Wildman–Crippen LogP) is 1.67. The Hall–Kier alpha value is -3.00. The lowest BCUT2D eigenvalue weighted by Gasteiger charge is -2.33. The molecule has 1 fully saturated rings. The summed E-state index contributed by atoms with van der Waals surface area (Å²) >= 11 is 0. The maximum atomic E-state index is 12.3. The molecule has 1 aliphatic heterocycles. The third kappa shape index (κ3) is 4.34. The minimum absolute atomic E-state index is 0.0982. The number of nitro benzene ring substituents is 1. The fraction of sp³-hybridized carbons (Fsp3) is 0.333. The van der Waals surface area contributed by atoms with Crippen LogP contribution in [0.3, 0.4) is 0 Å². The van der Waals surface area contributed by atoms with Gasteiger partial charge in [-0.15, -0.1) is 0 Å². The molecule has 1 saturated heterocycles. The second kappa shape index (κ2) is 7.92. The van der Waals surface area contributed by atoms with Gasteiger partial charge in [0.05, 0.1) is 4.92 Å². The number of amides is 1. The number of benzene rings is 1. The number of hydrogen-bond donors (Lipinski definition) is 1. The number of nitro groups is 1. The van der Waals surface area contributed by atoms with E-state index in [1.165, 1.54) is 18.2 Å². The van der Waals surface area contributed by atoms with Gasteiger partial charge < -0.3 is 15.1 Å². The molecule has 0 spiro atoms. The van der Waals surface area contributed by atoms with Gasteiger partial charge in [-0.05, 0) is 30.8 Å². The number of anilines is 1. The first-order chi connectivity index (χ1) is 12.5. The monoisotopic (exact) mass is 355 g/mol. The van der Waals surface area contributed by atoms with Gasteiger partial charge >= 0.3 is 0 Å². The molecular weight excluding hydrogens is 334 g/mol. The van der Waals surface area contributed by atoms with E-state index in [4.69, 9.17) is 0 Å². The second-order valence-corrected chi connectivity index (χ2v) is 6.30. The van der Waals surface area contributed by atoms with Crippen LogP contribution in [0.25, 0.3) is 0 Å². The van der Waals surface area contributed by atoms with Gasteiger partial charge in [-0.2, -0.15) is 0 Å². The van der Waals surface area contributed by atoms with Crippen molar-refractivity contribution >= 4 is 17.4 Å². The first kappa shape index (κ1) is 17.8. The van der Waals surface area contributed by atoms with E-state index in [1.54, 1.807) is 12.3 Å². The van der Waals surface area contributed by atoms with Crippen molar-refractivity contribution in [2.75, 3.05) is 38.1 Å². The first-order valence-electron chi connectivity index (χ1n) is 8.44. The van der Waals surface area contributed by atoms with E-state index >= 15 is 0 Å². The Morgan fingerprint density at radius 3 is 2.73 bits per heavy atom. The number of carbonyl (C=O) groups is 1. The van der Waals surface area contributed by atoms with Crippen LogP contribution >= 0.6 is 0 Å². The van der Waals surface area contributed by atoms with Gasteiger partial charge in [0.2, 0.25) is 0 Å². The van der Waals surface area contributed by atoms with Crippen LogP contribution in [0.5, 0.6) is 0 Å². The van der Waals surface area contributed by atoms with Crippen molar-refractivity contribution in [3.05, 3.63) is 63.8 Å². The number of piperazine rings is 1. The molecule has 0 aliphatic carbocycles. The number of hydrogen-bond acceptors (Lipinski definition) is 6. The zero-order valence-electron chi connectivity index (χ0n) is 14.6. The van der Waals surface area contributed by atoms with Crippen LogP contribution in [0.4, 0.5) is 11.5 Å². The number of carbonyl (C=O) groups excluding carboxylic acids is 1. The molecule has 0 radical (unpaired) electrons. The van der Waals surface area contributed by atoms with Crippen molar-refractivity contribution in [2.24, 2.45) is 0 Å². The number of nitrogens with one attached hydrogen (secondary N) is 1. The highest BCUT2D eigenvalue weighted by Crippen LogP contribution is 2.16. The van der Waals surface area contributed by atoms with E-state index in [0.29, 0.717) is 6.54 Å². The highest BCUT2D eigenvalue weighted by Gasteiger charge is 2.16. The zero-order valence-corrected chi connectivity index (χ0v) is 14.6. The third-order valence-electron chi connectivity index (χ3n) is 4.41. The van der Waals surface area contributed by atoms with Gasteiger partial charge in [0.1, 0.15) is 5.82 Å². The van der Waals surface area contributed by atoms with Crippen LogP contribution < -0.4 is 10.2 Å². The first-order valence-corrected chi connectivity index (χ1v) is 8.44. The average Bonchev–Trinajstić information content (AvgIpc) is 2.67. The Morgan fingerprint density at radius 1 is 1.23 bits per heavy atom. The summed E-state index contributed by atoms with van der Waals surface area (Å²) in [5, 5.41) is 13.6. The van der Waals surface area contributed by atoms with Crippen molar-refractivity contribution < 1.29 is 9.72 Å². The van der Waals surface area contributed by atoms with E-state index in [1.807, 2.05) is 12.1 Å². The quantitative estimate of drug-likeness (QED) is 0.648. The van der Waals surface area contributed by atoms with Crippen molar-refractivity contribution in [3.63, 3.8) is 0 Å². The van der Waals surface area contributed by atoms with Gasteiger partial charge in [0, 0.05) is 56.6 Å². The summed E-state index contributed by atoms with van der Waals surface area (Å²) in [7, 11) is 2.10. The highest BCUT2D eigenvalue weighted by molar-refractivity contribution is 5.94. The SMILES string of the molecule is CN1CCN(c2cc(CNC(=O)c3cccc([N+](=O)[O-])c3)ccn2)CC1. The molecule has 0 unspecified atom stereocenters. The Labute approximate surface area is 151 Å². The zero-order chi connectivity index (χ0) is 18.5. The van der Waals surface area contributed by atoms with E-state index in [2.05, 4.69) is 27.1 Å². The molecule has 0 atom stereocenters. The van der Waals surface area contributed by atoms with Crippen LogP contribution in [0.2, 0.25) is 0 Å². The van der Waals surface area contributed by atoms with E-state index in [9.17, 15) is 14.9 Å². The average molecular weight is 355 g/mol. The lowest BCUT2D eigenvalue weighted by molar-refractivity contribution is -0.384. The standard InChI is InChI=1S/C18H21N5O3/c1-21-7-9-22(10-8-21)17-11-14(5-6-19-17)13-20-18(24)15-3-2-4-16(12-15)23(25)26/h2-6,11-12H,7-10,13H2,1H3,(H,20,24). The van der Waals surface area contributed by atoms with Crippen LogP contribution in [0.1, 0.15) is 15.9 Å². The van der Waals surface area contributed by atoms with Gasteiger partial charge in [-0.1, -0.05) is 6.07 Å². The fourth-order valence-corrected chi connectivity index (χ4v) is 2.82. The summed E-state index contributed by atoms with van der Waals surface area (Å²) in [6, 6.07) is 9.53. The smallest absolute Gasteiger partial charge is 0.270 e. The number of likely N-dealkylation sites (N-methyl/N-ethyl adjacent to an activating group) is 1. The molecule has 0 saturated carbocycles. The van der Waals surface area contributed by atoms with E-state index in [0.717, 1.165) is 37.6 Å². The highest BCUT2D eigenvalue weighted by atomic mass is 16.6. The largest absolute Gasteiger partial charge is 0.354 e. The molecule has 1 aliphatic rings. The van der Waals surface area contributed by atoms with Gasteiger partial charge in [0.15, 0.2) is 0 Å². The van der Waals surface area contributed by atoms with Crippen LogP contribution in [0, 0.1) is 10.1 Å². The molecule has 26 heavy (non-hydrogen) atoms. The number of aromatic nitrogens is 1. The molecule has 1 amide bonds. The fourth-order valence-electron chi connectivity index (χ4n) is 2.82. The molecule has 8 nitrogen and oxygen atoms in total. The van der Waals surface area contributed by atoms with Crippen molar-refractivity contribution in [1.29, 1.82) is 0 Å². The maximum Gasteiger partial charge on any atom is 0.270 e. The molecule has 1 aromatic heterocycles. The summed E-state index contributed by atoms with van der Waals surface area (Å²) in [5.41, 5.74) is 1.11. The molecule has 8 heteroatoms. The van der Waals surface area contributed by atoms with Crippen molar-refractivity contribution in [3.8, 4) is 0 Å². The molecule has 2 aromatic rings. The molecule has 2 heterocycles. The molecule has 3 rings (SSSR count).